The van der Waals surface area contributed by atoms with Crippen molar-refractivity contribution in [2.45, 2.75) is 24.7 Å². The number of ether oxygens (including phenoxy) is 1. The minimum Gasteiger partial charge on any atom is -0.487 e. The summed E-state index contributed by atoms with van der Waals surface area (Å²) in [6.07, 6.45) is -4.40. The second kappa shape index (κ2) is 5.07. The Bertz CT molecular complexity index is 654. The SMILES string of the molecule is NC1c2ccccc2CC1Oc1ccccc1C(F)(F)F. The number of nitrogens with two attached hydrogens (primary N) is 1. The third-order valence-corrected chi connectivity index (χ3v) is 3.71. The lowest BCUT2D eigenvalue weighted by Gasteiger charge is -2.21. The van der Waals surface area contributed by atoms with Gasteiger partial charge in [-0.3, -0.25) is 0 Å². The first kappa shape index (κ1) is 13.9. The molecule has 0 fully saturated rings. The molecule has 0 aromatic heterocycles. The smallest absolute Gasteiger partial charge is 0.419 e. The Morgan fingerprint density at radius 2 is 1.67 bits per heavy atom. The van der Waals surface area contributed by atoms with E-state index in [1.807, 2.05) is 24.3 Å². The first-order valence-electron chi connectivity index (χ1n) is 6.63. The maximum Gasteiger partial charge on any atom is 0.419 e. The Kier molecular flexibility index (Phi) is 3.37. The molecule has 0 spiro atoms. The topological polar surface area (TPSA) is 35.2 Å². The van der Waals surface area contributed by atoms with E-state index in [0.717, 1.165) is 17.2 Å². The fourth-order valence-electron chi connectivity index (χ4n) is 2.67. The quantitative estimate of drug-likeness (QED) is 0.916. The lowest BCUT2D eigenvalue weighted by molar-refractivity contribution is -0.139. The van der Waals surface area contributed by atoms with Crippen LogP contribution >= 0.6 is 0 Å². The molecule has 0 saturated carbocycles. The Balaban J connectivity index is 1.87. The van der Waals surface area contributed by atoms with Gasteiger partial charge in [-0.1, -0.05) is 36.4 Å². The van der Waals surface area contributed by atoms with E-state index < -0.39 is 23.9 Å². The van der Waals surface area contributed by atoms with Crippen LogP contribution in [-0.4, -0.2) is 6.10 Å². The van der Waals surface area contributed by atoms with Crippen LogP contribution in [0.25, 0.3) is 0 Å². The number of para-hydroxylation sites is 1. The Hall–Kier alpha value is -2.01. The van der Waals surface area contributed by atoms with Gasteiger partial charge in [-0.25, -0.2) is 0 Å². The van der Waals surface area contributed by atoms with Crippen LogP contribution in [0.1, 0.15) is 22.7 Å². The van der Waals surface area contributed by atoms with Crippen molar-refractivity contribution in [1.29, 1.82) is 0 Å². The molecule has 2 N–H and O–H groups in total. The summed E-state index contributed by atoms with van der Waals surface area (Å²) < 4.78 is 44.5. The lowest BCUT2D eigenvalue weighted by Crippen LogP contribution is -2.28. The van der Waals surface area contributed by atoms with Crippen LogP contribution in [0.2, 0.25) is 0 Å². The fourth-order valence-corrected chi connectivity index (χ4v) is 2.67. The van der Waals surface area contributed by atoms with Crippen LogP contribution in [0.4, 0.5) is 13.2 Å². The van der Waals surface area contributed by atoms with Crippen molar-refractivity contribution in [2.24, 2.45) is 5.73 Å². The highest BCUT2D eigenvalue weighted by atomic mass is 19.4. The minimum absolute atomic E-state index is 0.168. The predicted octanol–water partition coefficient (Wildman–Crippen LogP) is 3.71. The number of alkyl halides is 3. The molecule has 3 rings (SSSR count). The zero-order valence-corrected chi connectivity index (χ0v) is 11.1. The fraction of sp³-hybridized carbons (Fsp3) is 0.250. The molecular formula is C16H14F3NO. The molecule has 1 aliphatic carbocycles. The van der Waals surface area contributed by atoms with Gasteiger partial charge in [0.15, 0.2) is 0 Å². The normalized spacial score (nSPS) is 21.1. The molecule has 21 heavy (non-hydrogen) atoms. The standard InChI is InChI=1S/C16H14F3NO/c17-16(18,19)12-7-3-4-8-13(12)21-14-9-10-5-1-2-6-11(10)15(14)20/h1-8,14-15H,9,20H2. The van der Waals surface area contributed by atoms with Crippen LogP contribution < -0.4 is 10.5 Å². The van der Waals surface area contributed by atoms with Crippen LogP contribution in [0.15, 0.2) is 48.5 Å². The molecule has 5 heteroatoms. The minimum atomic E-state index is -4.44. The van der Waals surface area contributed by atoms with E-state index in [1.54, 1.807) is 0 Å². The average Bonchev–Trinajstić information content (AvgIpc) is 2.76. The van der Waals surface area contributed by atoms with Gasteiger partial charge in [0.1, 0.15) is 11.9 Å². The summed E-state index contributed by atoms with van der Waals surface area (Å²) in [6, 6.07) is 12.4. The van der Waals surface area contributed by atoms with Crippen LogP contribution in [0.3, 0.4) is 0 Å². The van der Waals surface area contributed by atoms with Gasteiger partial charge >= 0.3 is 6.18 Å². The highest BCUT2D eigenvalue weighted by Crippen LogP contribution is 2.39. The summed E-state index contributed by atoms with van der Waals surface area (Å²) in [4.78, 5) is 0. The van der Waals surface area contributed by atoms with Crippen molar-refractivity contribution in [3.63, 3.8) is 0 Å². The summed E-state index contributed by atoms with van der Waals surface area (Å²) in [7, 11) is 0. The van der Waals surface area contributed by atoms with Gasteiger partial charge in [-0.2, -0.15) is 13.2 Å². The molecule has 2 nitrogen and oxygen atoms in total. The third-order valence-electron chi connectivity index (χ3n) is 3.71. The second-order valence-corrected chi connectivity index (χ2v) is 5.08. The van der Waals surface area contributed by atoms with Crippen molar-refractivity contribution in [3.8, 4) is 5.75 Å². The maximum atomic E-state index is 13.0. The van der Waals surface area contributed by atoms with Gasteiger partial charge in [-0.05, 0) is 23.3 Å². The van der Waals surface area contributed by atoms with Gasteiger partial charge in [0, 0.05) is 6.42 Å². The van der Waals surface area contributed by atoms with Crippen LogP contribution in [0, 0.1) is 0 Å². The molecular weight excluding hydrogens is 279 g/mol. The third kappa shape index (κ3) is 2.61. The Labute approximate surface area is 120 Å². The van der Waals surface area contributed by atoms with Crippen molar-refractivity contribution >= 4 is 0 Å². The summed E-state index contributed by atoms with van der Waals surface area (Å²) in [5, 5.41) is 0. The van der Waals surface area contributed by atoms with Gasteiger partial charge in [0.25, 0.3) is 0 Å². The number of benzene rings is 2. The van der Waals surface area contributed by atoms with E-state index in [1.165, 1.54) is 18.2 Å². The lowest BCUT2D eigenvalue weighted by atomic mass is 10.1. The molecule has 2 aromatic rings. The molecule has 0 aliphatic heterocycles. The van der Waals surface area contributed by atoms with Crippen molar-refractivity contribution in [1.82, 2.24) is 0 Å². The van der Waals surface area contributed by atoms with Crippen molar-refractivity contribution in [2.75, 3.05) is 0 Å². The van der Waals surface area contributed by atoms with Gasteiger partial charge in [0.05, 0.1) is 11.6 Å². The van der Waals surface area contributed by atoms with Gasteiger partial charge < -0.3 is 10.5 Å². The molecule has 2 aromatic carbocycles. The number of hydrogen-bond donors (Lipinski definition) is 1. The van der Waals surface area contributed by atoms with Crippen molar-refractivity contribution < 1.29 is 17.9 Å². The first-order chi connectivity index (χ1) is 9.97. The molecule has 0 amide bonds. The average molecular weight is 293 g/mol. The number of halogens is 3. The van der Waals surface area contributed by atoms with Crippen molar-refractivity contribution in [3.05, 3.63) is 65.2 Å². The van der Waals surface area contributed by atoms with Gasteiger partial charge in [0.2, 0.25) is 0 Å². The van der Waals surface area contributed by atoms with E-state index >= 15 is 0 Å². The molecule has 0 radical (unpaired) electrons. The summed E-state index contributed by atoms with van der Waals surface area (Å²) >= 11 is 0. The predicted molar refractivity (Wildman–Crippen MR) is 72.9 cm³/mol. The maximum absolute atomic E-state index is 13.0. The zero-order valence-electron chi connectivity index (χ0n) is 11.1. The molecule has 0 heterocycles. The molecule has 2 unspecified atom stereocenters. The molecule has 110 valence electrons. The van der Waals surface area contributed by atoms with E-state index in [2.05, 4.69) is 0 Å². The molecule has 0 saturated heterocycles. The van der Waals surface area contributed by atoms with Crippen LogP contribution in [0.5, 0.6) is 5.75 Å². The molecule has 0 bridgehead atoms. The van der Waals surface area contributed by atoms with E-state index in [4.69, 9.17) is 10.5 Å². The number of hydrogen-bond acceptors (Lipinski definition) is 2. The summed E-state index contributed by atoms with van der Waals surface area (Å²) in [5.74, 6) is -0.168. The van der Waals surface area contributed by atoms with E-state index in [-0.39, 0.29) is 5.75 Å². The summed E-state index contributed by atoms with van der Waals surface area (Å²) in [5.41, 5.74) is 7.29. The Morgan fingerprint density at radius 1 is 1.00 bits per heavy atom. The van der Waals surface area contributed by atoms with Gasteiger partial charge in [-0.15, -0.1) is 0 Å². The Morgan fingerprint density at radius 3 is 2.38 bits per heavy atom. The largest absolute Gasteiger partial charge is 0.487 e. The second-order valence-electron chi connectivity index (χ2n) is 5.08. The highest BCUT2D eigenvalue weighted by molar-refractivity contribution is 5.39. The van der Waals surface area contributed by atoms with E-state index in [0.29, 0.717) is 6.42 Å². The molecule has 2 atom stereocenters. The number of fused-ring (bicyclic) bond motifs is 1. The monoisotopic (exact) mass is 293 g/mol. The zero-order chi connectivity index (χ0) is 15.0. The number of rotatable bonds is 2. The van der Waals surface area contributed by atoms with Crippen LogP contribution in [-0.2, 0) is 12.6 Å². The first-order valence-corrected chi connectivity index (χ1v) is 6.63. The van der Waals surface area contributed by atoms with E-state index in [9.17, 15) is 13.2 Å². The molecule has 1 aliphatic rings. The summed E-state index contributed by atoms with van der Waals surface area (Å²) in [6.45, 7) is 0. The highest BCUT2D eigenvalue weighted by Gasteiger charge is 2.37.